The number of nitrogens with two attached hydrogens (primary N) is 1. The maximum Gasteiger partial charge on any atom is 0.168 e. The number of halogens is 1. The molecule has 1 rings (SSSR count). The van der Waals surface area contributed by atoms with Crippen LogP contribution < -0.4 is 5.73 Å². The van der Waals surface area contributed by atoms with E-state index in [4.69, 9.17) is 10.2 Å². The van der Waals surface area contributed by atoms with Gasteiger partial charge in [0.1, 0.15) is 0 Å². The first-order valence-corrected chi connectivity index (χ1v) is 7.89. The van der Waals surface area contributed by atoms with Gasteiger partial charge in [-0.1, -0.05) is 36.7 Å². The van der Waals surface area contributed by atoms with Crippen molar-refractivity contribution in [3.8, 4) is 0 Å². The van der Waals surface area contributed by atoms with E-state index in [0.29, 0.717) is 0 Å². The second-order valence-electron chi connectivity index (χ2n) is 6.09. The monoisotopic (exact) mass is 315 g/mol. The summed E-state index contributed by atoms with van der Waals surface area (Å²) in [4.78, 5) is 0. The smallest absolute Gasteiger partial charge is 0.168 e. The number of hydrogen-bond acceptors (Lipinski definition) is 2. The second-order valence-corrected chi connectivity index (χ2v) is 9.71. The van der Waals surface area contributed by atoms with Gasteiger partial charge in [-0.15, -0.1) is 0 Å². The Morgan fingerprint density at radius 3 is 2.29 bits per heavy atom. The topological polar surface area (TPSA) is 35.2 Å². The molecule has 96 valence electrons. The van der Waals surface area contributed by atoms with E-state index in [-0.39, 0.29) is 10.6 Å². The lowest BCUT2D eigenvalue weighted by molar-refractivity contribution is 0.110. The van der Waals surface area contributed by atoms with Gasteiger partial charge in [-0.05, 0) is 37.1 Å². The van der Waals surface area contributed by atoms with Gasteiger partial charge in [0.15, 0.2) is 9.76 Å². The summed E-state index contributed by atoms with van der Waals surface area (Å²) in [6, 6.07) is 5.92. The highest BCUT2D eigenvalue weighted by atomic mass is 79.9. The van der Waals surface area contributed by atoms with Gasteiger partial charge in [-0.2, -0.15) is 0 Å². The lowest BCUT2D eigenvalue weighted by Gasteiger charge is -2.31. The molecule has 2 nitrogen and oxygen atoms in total. The summed E-state index contributed by atoms with van der Waals surface area (Å²) in [6.07, 6.45) is 0. The van der Waals surface area contributed by atoms with Crippen LogP contribution in [0.3, 0.4) is 0 Å². The van der Waals surface area contributed by atoms with E-state index < -0.39 is 9.76 Å². The molecule has 0 saturated carbocycles. The standard InChI is InChI=1S/C13H22BrNOSi/c1-12(2,3)17-16-13(4,5)10-8-9(14)6-7-11(10)15/h6-8H,15,17H2,1-5H3. The molecule has 0 amide bonds. The second kappa shape index (κ2) is 5.12. The van der Waals surface area contributed by atoms with Gasteiger partial charge < -0.3 is 10.2 Å². The third-order valence-electron chi connectivity index (χ3n) is 2.53. The zero-order valence-electron chi connectivity index (χ0n) is 11.3. The molecule has 0 atom stereocenters. The molecule has 4 heteroatoms. The van der Waals surface area contributed by atoms with E-state index in [1.165, 1.54) is 0 Å². The van der Waals surface area contributed by atoms with E-state index >= 15 is 0 Å². The Balaban J connectivity index is 2.92. The summed E-state index contributed by atoms with van der Waals surface area (Å²) < 4.78 is 7.19. The highest BCUT2D eigenvalue weighted by Gasteiger charge is 2.26. The lowest BCUT2D eigenvalue weighted by Crippen LogP contribution is -2.28. The maximum absolute atomic E-state index is 6.15. The molecule has 17 heavy (non-hydrogen) atoms. The van der Waals surface area contributed by atoms with Gasteiger partial charge in [-0.3, -0.25) is 0 Å². The molecule has 0 aromatic heterocycles. The van der Waals surface area contributed by atoms with Crippen molar-refractivity contribution in [2.75, 3.05) is 5.73 Å². The Kier molecular flexibility index (Phi) is 4.44. The first kappa shape index (κ1) is 14.7. The van der Waals surface area contributed by atoms with Crippen molar-refractivity contribution in [2.45, 2.75) is 45.3 Å². The van der Waals surface area contributed by atoms with Crippen LogP contribution in [0.2, 0.25) is 5.04 Å². The Bertz CT molecular complexity index is 399. The molecule has 0 bridgehead atoms. The molecule has 0 aliphatic carbocycles. The molecule has 0 spiro atoms. The third kappa shape index (κ3) is 4.45. The SMILES string of the molecule is CC(C)(C)[SiH2]OC(C)(C)c1cc(Br)ccc1N. The first-order chi connectivity index (χ1) is 7.62. The average Bonchev–Trinajstić information content (AvgIpc) is 2.18. The molecular formula is C13H22BrNOSi. The summed E-state index contributed by atoms with van der Waals surface area (Å²) in [5.74, 6) is 0. The van der Waals surface area contributed by atoms with Crippen molar-refractivity contribution >= 4 is 31.4 Å². The maximum atomic E-state index is 6.15. The third-order valence-corrected chi connectivity index (χ3v) is 4.76. The Labute approximate surface area is 115 Å². The Hall–Kier alpha value is -0.323. The first-order valence-electron chi connectivity index (χ1n) is 5.81. The van der Waals surface area contributed by atoms with Crippen LogP contribution in [-0.2, 0) is 10.0 Å². The number of nitrogen functional groups attached to an aromatic ring is 1. The number of hydrogen-bond donors (Lipinski definition) is 1. The minimum absolute atomic E-state index is 0.290. The number of benzene rings is 1. The van der Waals surface area contributed by atoms with Crippen LogP contribution in [0.1, 0.15) is 40.2 Å². The quantitative estimate of drug-likeness (QED) is 0.683. The van der Waals surface area contributed by atoms with Gasteiger partial charge in [0.05, 0.1) is 5.60 Å². The highest BCUT2D eigenvalue weighted by Crippen LogP contribution is 2.33. The molecule has 0 aliphatic rings. The lowest BCUT2D eigenvalue weighted by atomic mass is 9.97. The summed E-state index contributed by atoms with van der Waals surface area (Å²) in [6.45, 7) is 10.8. The molecule has 0 fully saturated rings. The highest BCUT2D eigenvalue weighted by molar-refractivity contribution is 9.10. The number of rotatable bonds is 3. The molecule has 1 aromatic rings. The van der Waals surface area contributed by atoms with Crippen molar-refractivity contribution in [2.24, 2.45) is 0 Å². The van der Waals surface area contributed by atoms with Crippen molar-refractivity contribution in [3.05, 3.63) is 28.2 Å². The van der Waals surface area contributed by atoms with Gasteiger partial charge in [0.25, 0.3) is 0 Å². The molecule has 0 unspecified atom stereocenters. The predicted molar refractivity (Wildman–Crippen MR) is 80.9 cm³/mol. The van der Waals surface area contributed by atoms with Gasteiger partial charge in [0.2, 0.25) is 0 Å². The fraction of sp³-hybridized carbons (Fsp3) is 0.538. The summed E-state index contributed by atoms with van der Waals surface area (Å²) in [5, 5.41) is 0.290. The molecule has 2 N–H and O–H groups in total. The van der Waals surface area contributed by atoms with Crippen LogP contribution in [-0.4, -0.2) is 9.76 Å². The van der Waals surface area contributed by atoms with E-state index in [2.05, 4.69) is 50.5 Å². The molecule has 0 radical (unpaired) electrons. The van der Waals surface area contributed by atoms with E-state index in [0.717, 1.165) is 15.7 Å². The molecule has 0 heterocycles. The van der Waals surface area contributed by atoms with Gasteiger partial charge in [-0.25, -0.2) is 0 Å². The Morgan fingerprint density at radius 2 is 1.76 bits per heavy atom. The zero-order valence-corrected chi connectivity index (χ0v) is 14.3. The van der Waals surface area contributed by atoms with Gasteiger partial charge in [0, 0.05) is 15.7 Å². The van der Waals surface area contributed by atoms with E-state index in [1.807, 2.05) is 18.2 Å². The van der Waals surface area contributed by atoms with Crippen LogP contribution in [0.4, 0.5) is 5.69 Å². The fourth-order valence-corrected chi connectivity index (χ4v) is 2.84. The number of anilines is 1. The van der Waals surface area contributed by atoms with Crippen molar-refractivity contribution in [3.63, 3.8) is 0 Å². The van der Waals surface area contributed by atoms with Crippen LogP contribution in [0, 0.1) is 0 Å². The minimum Gasteiger partial charge on any atom is -0.414 e. The van der Waals surface area contributed by atoms with Crippen molar-refractivity contribution < 1.29 is 4.43 Å². The van der Waals surface area contributed by atoms with Gasteiger partial charge >= 0.3 is 0 Å². The van der Waals surface area contributed by atoms with E-state index in [1.54, 1.807) is 0 Å². The molecule has 0 aliphatic heterocycles. The largest absolute Gasteiger partial charge is 0.414 e. The minimum atomic E-state index is -0.597. The molecule has 1 aromatic carbocycles. The van der Waals surface area contributed by atoms with Crippen molar-refractivity contribution in [1.29, 1.82) is 0 Å². The normalized spacial score (nSPS) is 13.5. The van der Waals surface area contributed by atoms with Crippen molar-refractivity contribution in [1.82, 2.24) is 0 Å². The predicted octanol–water partition coefficient (Wildman–Crippen LogP) is 3.59. The average molecular weight is 316 g/mol. The summed E-state index contributed by atoms with van der Waals surface area (Å²) >= 11 is 3.48. The van der Waals surface area contributed by atoms with Crippen LogP contribution in [0.25, 0.3) is 0 Å². The molecular weight excluding hydrogens is 294 g/mol. The zero-order chi connectivity index (χ0) is 13.3. The van der Waals surface area contributed by atoms with E-state index in [9.17, 15) is 0 Å². The van der Waals surface area contributed by atoms with Crippen LogP contribution >= 0.6 is 15.9 Å². The fourth-order valence-electron chi connectivity index (χ4n) is 1.52. The molecule has 0 saturated heterocycles. The summed E-state index contributed by atoms with van der Waals surface area (Å²) in [5.41, 5.74) is 7.57. The summed E-state index contributed by atoms with van der Waals surface area (Å²) in [7, 11) is -0.597. The Morgan fingerprint density at radius 1 is 1.18 bits per heavy atom. The van der Waals surface area contributed by atoms with Crippen LogP contribution in [0.15, 0.2) is 22.7 Å². The van der Waals surface area contributed by atoms with Crippen LogP contribution in [0.5, 0.6) is 0 Å².